The Morgan fingerprint density at radius 3 is 2.00 bits per heavy atom. The second-order valence-corrected chi connectivity index (χ2v) is 8.06. The zero-order valence-electron chi connectivity index (χ0n) is 13.1. The molecule has 1 aromatic heterocycles. The molecule has 0 nitrogen and oxygen atoms in total. The van der Waals surface area contributed by atoms with Crippen LogP contribution >= 0.6 is 11.3 Å². The minimum atomic E-state index is 0.403. The molecule has 110 valence electrons. The third-order valence-electron chi connectivity index (χ3n) is 4.48. The molecule has 0 fully saturated rings. The molecule has 0 atom stereocenters. The van der Waals surface area contributed by atoms with Gasteiger partial charge in [0.2, 0.25) is 0 Å². The Morgan fingerprint density at radius 2 is 1.36 bits per heavy atom. The minimum absolute atomic E-state index is 0.403. The number of fused-ring (bicyclic) bond motifs is 1. The van der Waals surface area contributed by atoms with E-state index in [2.05, 4.69) is 74.5 Å². The SMILES string of the molecule is CC1(C)Cc2sc(-c3ccccc3)c(-c3ccccc3)c2C1. The molecule has 0 N–H and O–H groups in total. The van der Waals surface area contributed by atoms with Crippen molar-refractivity contribution in [3.8, 4) is 21.6 Å². The van der Waals surface area contributed by atoms with Crippen molar-refractivity contribution in [3.63, 3.8) is 0 Å². The van der Waals surface area contributed by atoms with E-state index < -0.39 is 0 Å². The molecule has 1 heteroatoms. The maximum absolute atomic E-state index is 2.39. The second-order valence-electron chi connectivity index (χ2n) is 6.96. The van der Waals surface area contributed by atoms with Crippen molar-refractivity contribution in [2.75, 3.05) is 0 Å². The van der Waals surface area contributed by atoms with Gasteiger partial charge in [0.05, 0.1) is 0 Å². The third-order valence-corrected chi connectivity index (χ3v) is 5.76. The van der Waals surface area contributed by atoms with Gasteiger partial charge in [-0.25, -0.2) is 0 Å². The summed E-state index contributed by atoms with van der Waals surface area (Å²) < 4.78 is 0. The van der Waals surface area contributed by atoms with Crippen molar-refractivity contribution in [1.82, 2.24) is 0 Å². The van der Waals surface area contributed by atoms with Gasteiger partial charge in [0.1, 0.15) is 0 Å². The molecule has 0 unspecified atom stereocenters. The smallest absolute Gasteiger partial charge is 0.0426 e. The number of rotatable bonds is 2. The van der Waals surface area contributed by atoms with Crippen LogP contribution in [0.15, 0.2) is 60.7 Å². The van der Waals surface area contributed by atoms with Gasteiger partial charge in [-0.05, 0) is 34.9 Å². The Morgan fingerprint density at radius 1 is 0.773 bits per heavy atom. The Labute approximate surface area is 136 Å². The number of benzene rings is 2. The Hall–Kier alpha value is -1.86. The summed E-state index contributed by atoms with van der Waals surface area (Å²) >= 11 is 2.00. The number of thiophene rings is 1. The molecule has 4 rings (SSSR count). The van der Waals surface area contributed by atoms with Crippen LogP contribution in [0.25, 0.3) is 21.6 Å². The molecule has 0 radical (unpaired) electrons. The van der Waals surface area contributed by atoms with Crippen molar-refractivity contribution < 1.29 is 0 Å². The Balaban J connectivity index is 1.95. The molecule has 1 aliphatic rings. The van der Waals surface area contributed by atoms with Crippen LogP contribution < -0.4 is 0 Å². The van der Waals surface area contributed by atoms with Gasteiger partial charge in [-0.1, -0.05) is 74.5 Å². The summed E-state index contributed by atoms with van der Waals surface area (Å²) in [7, 11) is 0. The number of hydrogen-bond donors (Lipinski definition) is 0. The van der Waals surface area contributed by atoms with Gasteiger partial charge in [0.25, 0.3) is 0 Å². The van der Waals surface area contributed by atoms with Crippen LogP contribution in [0.1, 0.15) is 24.3 Å². The van der Waals surface area contributed by atoms with Gasteiger partial charge in [-0.15, -0.1) is 11.3 Å². The van der Waals surface area contributed by atoms with Crippen LogP contribution in [0.2, 0.25) is 0 Å². The minimum Gasteiger partial charge on any atom is -0.139 e. The first kappa shape index (κ1) is 13.8. The molecule has 1 heterocycles. The van der Waals surface area contributed by atoms with Gasteiger partial charge < -0.3 is 0 Å². The molecule has 3 aromatic rings. The van der Waals surface area contributed by atoms with Crippen molar-refractivity contribution in [2.45, 2.75) is 26.7 Å². The van der Waals surface area contributed by atoms with E-state index >= 15 is 0 Å². The van der Waals surface area contributed by atoms with Gasteiger partial charge in [-0.3, -0.25) is 0 Å². The molecule has 0 aliphatic heterocycles. The van der Waals surface area contributed by atoms with E-state index in [0.29, 0.717) is 5.41 Å². The van der Waals surface area contributed by atoms with Crippen LogP contribution in [0.5, 0.6) is 0 Å². The highest BCUT2D eigenvalue weighted by Gasteiger charge is 2.34. The van der Waals surface area contributed by atoms with Crippen LogP contribution in [0, 0.1) is 5.41 Å². The van der Waals surface area contributed by atoms with E-state index in [4.69, 9.17) is 0 Å². The molecular formula is C21H20S. The van der Waals surface area contributed by atoms with Gasteiger partial charge >= 0.3 is 0 Å². The summed E-state index contributed by atoms with van der Waals surface area (Å²) in [6, 6.07) is 21.7. The number of hydrogen-bond acceptors (Lipinski definition) is 1. The van der Waals surface area contributed by atoms with Crippen LogP contribution in [-0.2, 0) is 12.8 Å². The van der Waals surface area contributed by atoms with Crippen molar-refractivity contribution in [3.05, 3.63) is 71.1 Å². The van der Waals surface area contributed by atoms with E-state index in [1.165, 1.54) is 34.4 Å². The first-order valence-corrected chi connectivity index (χ1v) is 8.71. The predicted molar refractivity (Wildman–Crippen MR) is 96.4 cm³/mol. The highest BCUT2D eigenvalue weighted by Crippen LogP contribution is 2.50. The maximum Gasteiger partial charge on any atom is 0.0426 e. The first-order chi connectivity index (χ1) is 10.6. The topological polar surface area (TPSA) is 0 Å². The lowest BCUT2D eigenvalue weighted by Crippen LogP contribution is -2.10. The zero-order valence-corrected chi connectivity index (χ0v) is 13.9. The van der Waals surface area contributed by atoms with E-state index in [-0.39, 0.29) is 0 Å². The molecule has 0 saturated heterocycles. The van der Waals surface area contributed by atoms with Crippen LogP contribution in [-0.4, -0.2) is 0 Å². The summed E-state index contributed by atoms with van der Waals surface area (Å²) in [5.74, 6) is 0. The molecule has 2 aromatic carbocycles. The molecule has 1 aliphatic carbocycles. The highest BCUT2D eigenvalue weighted by atomic mass is 32.1. The molecular weight excluding hydrogens is 284 g/mol. The fourth-order valence-corrected chi connectivity index (χ4v) is 5.12. The van der Waals surface area contributed by atoms with Crippen molar-refractivity contribution >= 4 is 11.3 Å². The standard InChI is InChI=1S/C21H20S/c1-21(2)13-17-18(14-21)22-20(16-11-7-4-8-12-16)19(17)15-9-5-3-6-10-15/h3-12H,13-14H2,1-2H3. The van der Waals surface area contributed by atoms with Crippen molar-refractivity contribution in [2.24, 2.45) is 5.41 Å². The van der Waals surface area contributed by atoms with E-state index in [1.54, 1.807) is 10.4 Å². The first-order valence-electron chi connectivity index (χ1n) is 7.89. The lowest BCUT2D eigenvalue weighted by Gasteiger charge is -2.17. The summed E-state index contributed by atoms with van der Waals surface area (Å²) in [5, 5.41) is 0. The quantitative estimate of drug-likeness (QED) is 0.528. The molecule has 22 heavy (non-hydrogen) atoms. The lowest BCUT2D eigenvalue weighted by molar-refractivity contribution is 0.394. The summed E-state index contributed by atoms with van der Waals surface area (Å²) in [4.78, 5) is 3.02. The molecule has 0 amide bonds. The lowest BCUT2D eigenvalue weighted by atomic mass is 9.88. The van der Waals surface area contributed by atoms with Crippen LogP contribution in [0.3, 0.4) is 0 Å². The monoisotopic (exact) mass is 304 g/mol. The van der Waals surface area contributed by atoms with Crippen molar-refractivity contribution in [1.29, 1.82) is 0 Å². The van der Waals surface area contributed by atoms with Crippen LogP contribution in [0.4, 0.5) is 0 Å². The second kappa shape index (κ2) is 5.10. The zero-order chi connectivity index (χ0) is 15.2. The Bertz CT molecular complexity index is 795. The summed E-state index contributed by atoms with van der Waals surface area (Å²) in [5.41, 5.74) is 6.16. The largest absolute Gasteiger partial charge is 0.139 e. The highest BCUT2D eigenvalue weighted by molar-refractivity contribution is 7.16. The normalized spacial score (nSPS) is 15.7. The summed E-state index contributed by atoms with van der Waals surface area (Å²) in [6.07, 6.45) is 2.40. The molecule has 0 spiro atoms. The molecule has 0 bridgehead atoms. The average Bonchev–Trinajstić information content (AvgIpc) is 3.00. The Kier molecular flexibility index (Phi) is 3.19. The van der Waals surface area contributed by atoms with Gasteiger partial charge in [0.15, 0.2) is 0 Å². The van der Waals surface area contributed by atoms with E-state index in [9.17, 15) is 0 Å². The summed E-state index contributed by atoms with van der Waals surface area (Å²) in [6.45, 7) is 4.77. The fraction of sp³-hybridized carbons (Fsp3) is 0.238. The van der Waals surface area contributed by atoms with Gasteiger partial charge in [0, 0.05) is 15.3 Å². The maximum atomic E-state index is 2.39. The fourth-order valence-electron chi connectivity index (χ4n) is 3.52. The predicted octanol–water partition coefficient (Wildman–Crippen LogP) is 6.21. The average molecular weight is 304 g/mol. The van der Waals surface area contributed by atoms with E-state index in [0.717, 1.165) is 0 Å². The van der Waals surface area contributed by atoms with E-state index in [1.807, 2.05) is 11.3 Å². The third kappa shape index (κ3) is 2.30. The molecule has 0 saturated carbocycles. The van der Waals surface area contributed by atoms with Gasteiger partial charge in [-0.2, -0.15) is 0 Å².